The lowest BCUT2D eigenvalue weighted by Crippen LogP contribution is -2.44. The first-order valence-electron chi connectivity index (χ1n) is 7.55. The van der Waals surface area contributed by atoms with Crippen LogP contribution in [0.5, 0.6) is 0 Å². The predicted molar refractivity (Wildman–Crippen MR) is 86.5 cm³/mol. The Balaban J connectivity index is 1.99. The Morgan fingerprint density at radius 1 is 1.30 bits per heavy atom. The maximum atomic E-state index is 12.4. The van der Waals surface area contributed by atoms with Crippen molar-refractivity contribution in [2.24, 2.45) is 0 Å². The van der Waals surface area contributed by atoms with E-state index in [2.05, 4.69) is 4.98 Å². The molecule has 1 fully saturated rings. The summed E-state index contributed by atoms with van der Waals surface area (Å²) >= 11 is 0. The third-order valence-corrected chi connectivity index (χ3v) is 6.38. The van der Waals surface area contributed by atoms with E-state index in [1.807, 2.05) is 19.0 Å². The second-order valence-electron chi connectivity index (χ2n) is 6.59. The first-order chi connectivity index (χ1) is 10.8. The van der Waals surface area contributed by atoms with E-state index in [4.69, 9.17) is 9.72 Å². The molecule has 0 radical (unpaired) electrons. The van der Waals surface area contributed by atoms with Gasteiger partial charge in [-0.3, -0.25) is 0 Å². The molecule has 1 saturated heterocycles. The summed E-state index contributed by atoms with van der Waals surface area (Å²) < 4.78 is 33.3. The zero-order valence-corrected chi connectivity index (χ0v) is 14.8. The maximum absolute atomic E-state index is 12.4. The molecule has 3 rings (SSSR count). The quantitative estimate of drug-likeness (QED) is 0.759. The van der Waals surface area contributed by atoms with Crippen molar-refractivity contribution in [3.63, 3.8) is 0 Å². The van der Waals surface area contributed by atoms with Crippen molar-refractivity contribution in [3.8, 4) is 0 Å². The zero-order chi connectivity index (χ0) is 16.8. The summed E-state index contributed by atoms with van der Waals surface area (Å²) in [6.07, 6.45) is 2.50. The van der Waals surface area contributed by atoms with Crippen LogP contribution in [-0.2, 0) is 27.0 Å². The summed E-state index contributed by atoms with van der Waals surface area (Å²) in [6.45, 7) is 1.84. The molecule has 1 aromatic heterocycles. The van der Waals surface area contributed by atoms with E-state index in [0.29, 0.717) is 38.7 Å². The molecule has 9 heteroatoms. The summed E-state index contributed by atoms with van der Waals surface area (Å²) in [4.78, 5) is 10.9. The first-order valence-corrected chi connectivity index (χ1v) is 8.95. The molecule has 2 aliphatic rings. The molecule has 1 spiro atoms. The summed E-state index contributed by atoms with van der Waals surface area (Å²) in [5.74, 6) is 0.638. The van der Waals surface area contributed by atoms with Crippen molar-refractivity contribution in [1.29, 1.82) is 0 Å². The van der Waals surface area contributed by atoms with Gasteiger partial charge in [0.05, 0.1) is 24.3 Å². The predicted octanol–water partition coefficient (Wildman–Crippen LogP) is -0.177. The van der Waals surface area contributed by atoms with Crippen LogP contribution in [0.3, 0.4) is 0 Å². The fourth-order valence-electron chi connectivity index (χ4n) is 3.18. The number of aromatic nitrogens is 2. The molecule has 0 N–H and O–H groups in total. The molecule has 0 unspecified atom stereocenters. The van der Waals surface area contributed by atoms with Crippen LogP contribution in [0.15, 0.2) is 6.20 Å². The average Bonchev–Trinajstić information content (AvgIpc) is 2.92. The van der Waals surface area contributed by atoms with E-state index in [-0.39, 0.29) is 5.41 Å². The van der Waals surface area contributed by atoms with Crippen molar-refractivity contribution >= 4 is 16.2 Å². The largest absolute Gasteiger partial charge is 0.376 e. The van der Waals surface area contributed by atoms with Crippen LogP contribution in [0.4, 0.5) is 5.95 Å². The third kappa shape index (κ3) is 2.71. The van der Waals surface area contributed by atoms with E-state index in [0.717, 1.165) is 11.3 Å². The van der Waals surface area contributed by atoms with Crippen LogP contribution >= 0.6 is 0 Å². The van der Waals surface area contributed by atoms with Gasteiger partial charge in [0.2, 0.25) is 5.95 Å². The van der Waals surface area contributed by atoms with Gasteiger partial charge in [-0.05, 0) is 6.42 Å². The van der Waals surface area contributed by atoms with Crippen LogP contribution in [-0.4, -0.2) is 74.9 Å². The Labute approximate surface area is 137 Å². The highest BCUT2D eigenvalue weighted by Crippen LogP contribution is 2.40. The minimum atomic E-state index is -3.42. The number of anilines is 1. The van der Waals surface area contributed by atoms with Gasteiger partial charge in [-0.15, -0.1) is 0 Å². The number of rotatable bonds is 3. The van der Waals surface area contributed by atoms with Gasteiger partial charge in [0.1, 0.15) is 0 Å². The topological polar surface area (TPSA) is 78.9 Å². The Morgan fingerprint density at radius 2 is 2.04 bits per heavy atom. The summed E-state index contributed by atoms with van der Waals surface area (Å²) in [5, 5.41) is 0. The van der Waals surface area contributed by atoms with Crippen molar-refractivity contribution in [2.75, 3.05) is 52.8 Å². The molecule has 0 amide bonds. The minimum Gasteiger partial charge on any atom is -0.376 e. The van der Waals surface area contributed by atoms with Crippen LogP contribution in [0.25, 0.3) is 0 Å². The molecule has 23 heavy (non-hydrogen) atoms. The van der Waals surface area contributed by atoms with Crippen molar-refractivity contribution < 1.29 is 13.2 Å². The lowest BCUT2D eigenvalue weighted by Gasteiger charge is -2.34. The fourth-order valence-corrected chi connectivity index (χ4v) is 4.37. The number of nitrogens with zero attached hydrogens (tertiary/aromatic N) is 5. The molecular weight excluding hydrogens is 318 g/mol. The van der Waals surface area contributed by atoms with Crippen LogP contribution in [0.2, 0.25) is 0 Å². The molecule has 0 aromatic carbocycles. The molecule has 0 bridgehead atoms. The van der Waals surface area contributed by atoms with Gasteiger partial charge < -0.3 is 9.64 Å². The molecule has 0 saturated carbocycles. The number of hydrogen-bond acceptors (Lipinski definition) is 6. The fraction of sp³-hybridized carbons (Fsp3) is 0.714. The lowest BCUT2D eigenvalue weighted by atomic mass is 9.81. The van der Waals surface area contributed by atoms with Gasteiger partial charge in [-0.2, -0.15) is 17.0 Å². The summed E-state index contributed by atoms with van der Waals surface area (Å²) in [7, 11) is 3.47. The van der Waals surface area contributed by atoms with E-state index >= 15 is 0 Å². The number of ether oxygens (including phenoxy) is 1. The van der Waals surface area contributed by atoms with E-state index in [1.54, 1.807) is 20.3 Å². The van der Waals surface area contributed by atoms with Gasteiger partial charge in [-0.1, -0.05) is 0 Å². The molecule has 2 aliphatic heterocycles. The Bertz CT molecular complexity index is 706. The molecule has 128 valence electrons. The molecule has 1 aromatic rings. The third-order valence-electron chi connectivity index (χ3n) is 4.50. The summed E-state index contributed by atoms with van der Waals surface area (Å²) in [5.41, 5.74) is 1.49. The second-order valence-corrected chi connectivity index (χ2v) is 8.73. The van der Waals surface area contributed by atoms with Gasteiger partial charge in [-0.25, -0.2) is 9.97 Å². The van der Waals surface area contributed by atoms with Gasteiger partial charge in [0.15, 0.2) is 0 Å². The monoisotopic (exact) mass is 341 g/mol. The van der Waals surface area contributed by atoms with E-state index in [9.17, 15) is 8.42 Å². The van der Waals surface area contributed by atoms with Gasteiger partial charge >= 0.3 is 0 Å². The molecule has 0 aliphatic carbocycles. The Morgan fingerprint density at radius 3 is 2.70 bits per heavy atom. The van der Waals surface area contributed by atoms with Crippen molar-refractivity contribution in [2.45, 2.75) is 18.4 Å². The molecule has 3 heterocycles. The van der Waals surface area contributed by atoms with Crippen LogP contribution < -0.4 is 4.90 Å². The highest BCUT2D eigenvalue weighted by atomic mass is 32.2. The second kappa shape index (κ2) is 5.66. The van der Waals surface area contributed by atoms with Crippen molar-refractivity contribution in [1.82, 2.24) is 18.6 Å². The smallest absolute Gasteiger partial charge is 0.281 e. The van der Waals surface area contributed by atoms with E-state index in [1.165, 1.54) is 8.61 Å². The Hall–Kier alpha value is -1.29. The standard InChI is InChI=1S/C14H23N5O3S/c1-17(2)13-15-7-11-8-22-10-14(12(11)16-13)5-6-19(9-14)23(20,21)18(3)4/h7H,5-6,8-10H2,1-4H3/t14-/m1/s1. The van der Waals surface area contributed by atoms with Crippen LogP contribution in [0, 0.1) is 0 Å². The average molecular weight is 341 g/mol. The Kier molecular flexibility index (Phi) is 4.07. The lowest BCUT2D eigenvalue weighted by molar-refractivity contribution is 0.0530. The highest BCUT2D eigenvalue weighted by Gasteiger charge is 2.48. The molecular formula is C14H23N5O3S. The van der Waals surface area contributed by atoms with Crippen LogP contribution in [0.1, 0.15) is 17.7 Å². The molecule has 8 nitrogen and oxygen atoms in total. The number of hydrogen-bond donors (Lipinski definition) is 0. The highest BCUT2D eigenvalue weighted by molar-refractivity contribution is 7.86. The molecule has 1 atom stereocenters. The minimum absolute atomic E-state index is 0.385. The number of fused-ring (bicyclic) bond motifs is 2. The summed E-state index contributed by atoms with van der Waals surface area (Å²) in [6, 6.07) is 0. The van der Waals surface area contributed by atoms with Gasteiger partial charge in [0.25, 0.3) is 10.2 Å². The first kappa shape index (κ1) is 16.6. The normalized spacial score (nSPS) is 25.1. The van der Waals surface area contributed by atoms with Gasteiger partial charge in [0, 0.05) is 53.0 Å². The van der Waals surface area contributed by atoms with Crippen molar-refractivity contribution in [3.05, 3.63) is 17.5 Å². The zero-order valence-electron chi connectivity index (χ0n) is 14.0. The SMILES string of the molecule is CN(C)c1ncc2c(n1)[C@@]1(CCN(S(=O)(=O)N(C)C)C1)COC2. The maximum Gasteiger partial charge on any atom is 0.281 e. The van der Waals surface area contributed by atoms with E-state index < -0.39 is 10.2 Å².